The molecule has 0 radical (unpaired) electrons. The minimum atomic E-state index is -1.20. The number of nitrogens with one attached hydrogen (secondary N) is 2. The number of halogens is 2. The smallest absolute Gasteiger partial charge is 0.131 e. The van der Waals surface area contributed by atoms with Crippen molar-refractivity contribution in [2.75, 3.05) is 13.1 Å². The summed E-state index contributed by atoms with van der Waals surface area (Å²) in [5, 5.41) is 7.25. The van der Waals surface area contributed by atoms with Gasteiger partial charge in [0.2, 0.25) is 0 Å². The zero-order valence-corrected chi connectivity index (χ0v) is 13.2. The molecule has 4 heteroatoms. The third-order valence-electron chi connectivity index (χ3n) is 6.06. The molecule has 3 aliphatic rings. The molecule has 1 saturated heterocycles. The van der Waals surface area contributed by atoms with Crippen LogP contribution in [0.25, 0.3) is 0 Å². The van der Waals surface area contributed by atoms with E-state index in [-0.39, 0.29) is 0 Å². The topological polar surface area (TPSA) is 24.1 Å². The van der Waals surface area contributed by atoms with Crippen LogP contribution in [0.4, 0.5) is 8.78 Å². The molecule has 3 atom stereocenters. The normalized spacial score (nSPS) is 49.0. The highest BCUT2D eigenvalue weighted by Crippen LogP contribution is 2.41. The second-order valence-corrected chi connectivity index (χ2v) is 7.68. The molecule has 0 amide bonds. The molecule has 2 saturated carbocycles. The Bertz CT molecular complexity index is 323. The van der Waals surface area contributed by atoms with E-state index in [1.54, 1.807) is 0 Å². The number of rotatable bonds is 2. The molecule has 3 rings (SSSR count). The molecule has 1 heterocycles. The van der Waals surface area contributed by atoms with Crippen LogP contribution in [0, 0.1) is 23.7 Å². The molecular formula is C17H30F2N2. The molecule has 122 valence electrons. The minimum Gasteiger partial charge on any atom is -0.301 e. The highest BCUT2D eigenvalue weighted by atomic mass is 19.2. The Morgan fingerprint density at radius 1 is 0.714 bits per heavy atom. The average Bonchev–Trinajstić information content (AvgIpc) is 2.51. The van der Waals surface area contributed by atoms with Gasteiger partial charge in [0.25, 0.3) is 0 Å². The fourth-order valence-corrected chi connectivity index (χ4v) is 4.62. The Labute approximate surface area is 127 Å². The summed E-state index contributed by atoms with van der Waals surface area (Å²) in [4.78, 5) is 0. The van der Waals surface area contributed by atoms with Gasteiger partial charge in [-0.05, 0) is 68.6 Å². The van der Waals surface area contributed by atoms with Crippen LogP contribution in [-0.4, -0.2) is 31.6 Å². The van der Waals surface area contributed by atoms with Crippen molar-refractivity contribution in [3.05, 3.63) is 0 Å². The zero-order valence-electron chi connectivity index (χ0n) is 13.2. The lowest BCUT2D eigenvalue weighted by molar-refractivity contribution is 0.0499. The summed E-state index contributed by atoms with van der Waals surface area (Å²) < 4.78 is 26.9. The summed E-state index contributed by atoms with van der Waals surface area (Å²) in [7, 11) is 0. The molecule has 2 nitrogen and oxygen atoms in total. The Hall–Kier alpha value is -0.220. The Morgan fingerprint density at radius 2 is 1.29 bits per heavy atom. The van der Waals surface area contributed by atoms with Crippen molar-refractivity contribution in [1.82, 2.24) is 10.6 Å². The summed E-state index contributed by atoms with van der Waals surface area (Å²) in [6, 6.07) is 0. The molecule has 0 aromatic carbocycles. The first-order chi connectivity index (χ1) is 10.1. The lowest BCUT2D eigenvalue weighted by Crippen LogP contribution is -2.56. The van der Waals surface area contributed by atoms with Crippen LogP contribution in [0.1, 0.15) is 51.9 Å². The van der Waals surface area contributed by atoms with Gasteiger partial charge in [-0.3, -0.25) is 0 Å². The summed E-state index contributed by atoms with van der Waals surface area (Å²) >= 11 is 0. The van der Waals surface area contributed by atoms with E-state index in [0.717, 1.165) is 25.4 Å². The van der Waals surface area contributed by atoms with Gasteiger partial charge in [-0.2, -0.15) is 0 Å². The maximum atomic E-state index is 13.6. The highest BCUT2D eigenvalue weighted by molar-refractivity contribution is 4.89. The molecule has 21 heavy (non-hydrogen) atoms. The second kappa shape index (κ2) is 6.91. The van der Waals surface area contributed by atoms with E-state index >= 15 is 0 Å². The third kappa shape index (κ3) is 3.76. The standard InChI is InChI=1S/C17H30F2N2/c1-11-9-20-17(21-10-11)13-4-2-12(3-5-13)14-6-7-15(18)16(19)8-14/h11-17,20-21H,2-10H2,1H3. The van der Waals surface area contributed by atoms with Crippen molar-refractivity contribution in [2.45, 2.75) is 70.4 Å². The lowest BCUT2D eigenvalue weighted by Gasteiger charge is -2.41. The van der Waals surface area contributed by atoms with E-state index < -0.39 is 12.3 Å². The minimum absolute atomic E-state index is 0.431. The SMILES string of the molecule is CC1CNC(C2CCC(C3CCC(F)C(F)C3)CC2)NC1. The molecule has 2 N–H and O–H groups in total. The lowest BCUT2D eigenvalue weighted by atomic mass is 9.70. The highest BCUT2D eigenvalue weighted by Gasteiger charge is 2.37. The van der Waals surface area contributed by atoms with Crippen molar-refractivity contribution in [1.29, 1.82) is 0 Å². The van der Waals surface area contributed by atoms with E-state index in [2.05, 4.69) is 17.6 Å². The maximum absolute atomic E-state index is 13.6. The van der Waals surface area contributed by atoms with Gasteiger partial charge in [0.15, 0.2) is 0 Å². The largest absolute Gasteiger partial charge is 0.301 e. The number of hydrogen-bond acceptors (Lipinski definition) is 2. The first-order valence-corrected chi connectivity index (χ1v) is 8.88. The van der Waals surface area contributed by atoms with Crippen molar-refractivity contribution >= 4 is 0 Å². The van der Waals surface area contributed by atoms with Crippen LogP contribution < -0.4 is 10.6 Å². The van der Waals surface area contributed by atoms with E-state index in [9.17, 15) is 8.78 Å². The van der Waals surface area contributed by atoms with Crippen molar-refractivity contribution in [3.63, 3.8) is 0 Å². The maximum Gasteiger partial charge on any atom is 0.131 e. The van der Waals surface area contributed by atoms with E-state index in [1.165, 1.54) is 25.7 Å². The Morgan fingerprint density at radius 3 is 1.90 bits per heavy atom. The van der Waals surface area contributed by atoms with Crippen LogP contribution in [0.15, 0.2) is 0 Å². The number of alkyl halides is 2. The monoisotopic (exact) mass is 300 g/mol. The molecule has 0 aromatic rings. The van der Waals surface area contributed by atoms with E-state index in [0.29, 0.717) is 36.8 Å². The molecule has 0 aromatic heterocycles. The molecule has 2 aliphatic carbocycles. The summed E-state index contributed by atoms with van der Waals surface area (Å²) in [6.45, 7) is 4.49. The first-order valence-electron chi connectivity index (χ1n) is 8.88. The summed E-state index contributed by atoms with van der Waals surface area (Å²) in [6.07, 6.45) is 4.74. The van der Waals surface area contributed by atoms with Gasteiger partial charge in [0.1, 0.15) is 12.3 Å². The summed E-state index contributed by atoms with van der Waals surface area (Å²) in [5.74, 6) is 2.50. The van der Waals surface area contributed by atoms with E-state index in [4.69, 9.17) is 0 Å². The molecule has 0 bridgehead atoms. The van der Waals surface area contributed by atoms with Crippen LogP contribution in [0.3, 0.4) is 0 Å². The average molecular weight is 300 g/mol. The van der Waals surface area contributed by atoms with Gasteiger partial charge >= 0.3 is 0 Å². The van der Waals surface area contributed by atoms with Crippen molar-refractivity contribution in [2.24, 2.45) is 23.7 Å². The predicted molar refractivity (Wildman–Crippen MR) is 81.5 cm³/mol. The zero-order chi connectivity index (χ0) is 14.8. The molecule has 3 fully saturated rings. The first kappa shape index (κ1) is 15.7. The van der Waals surface area contributed by atoms with Crippen LogP contribution in [-0.2, 0) is 0 Å². The molecule has 3 unspecified atom stereocenters. The Kier molecular flexibility index (Phi) is 5.15. The molecule has 1 aliphatic heterocycles. The third-order valence-corrected chi connectivity index (χ3v) is 6.06. The van der Waals surface area contributed by atoms with Crippen LogP contribution >= 0.6 is 0 Å². The molecule has 0 spiro atoms. The fourth-order valence-electron chi connectivity index (χ4n) is 4.62. The van der Waals surface area contributed by atoms with Crippen LogP contribution in [0.2, 0.25) is 0 Å². The van der Waals surface area contributed by atoms with Crippen molar-refractivity contribution < 1.29 is 8.78 Å². The van der Waals surface area contributed by atoms with Crippen LogP contribution in [0.5, 0.6) is 0 Å². The van der Waals surface area contributed by atoms with Gasteiger partial charge in [-0.1, -0.05) is 6.92 Å². The van der Waals surface area contributed by atoms with E-state index in [1.807, 2.05) is 0 Å². The second-order valence-electron chi connectivity index (χ2n) is 7.68. The quantitative estimate of drug-likeness (QED) is 0.816. The fraction of sp³-hybridized carbons (Fsp3) is 1.00. The van der Waals surface area contributed by atoms with Gasteiger partial charge < -0.3 is 10.6 Å². The predicted octanol–water partition coefficient (Wildman–Crippen LogP) is 3.42. The molecular weight excluding hydrogens is 270 g/mol. The van der Waals surface area contributed by atoms with Gasteiger partial charge in [-0.25, -0.2) is 8.78 Å². The Balaban J connectivity index is 1.45. The van der Waals surface area contributed by atoms with Gasteiger partial charge in [0, 0.05) is 13.1 Å². The van der Waals surface area contributed by atoms with Gasteiger partial charge in [-0.15, -0.1) is 0 Å². The summed E-state index contributed by atoms with van der Waals surface area (Å²) in [5.41, 5.74) is 0. The van der Waals surface area contributed by atoms with Gasteiger partial charge in [0.05, 0.1) is 6.17 Å². The number of hydrogen-bond donors (Lipinski definition) is 2. The van der Waals surface area contributed by atoms with Crippen molar-refractivity contribution in [3.8, 4) is 0 Å².